The second kappa shape index (κ2) is 7.13. The Labute approximate surface area is 155 Å². The van der Waals surface area contributed by atoms with Crippen LogP contribution in [-0.4, -0.2) is 21.5 Å². The van der Waals surface area contributed by atoms with Gasteiger partial charge >= 0.3 is 6.03 Å². The number of anilines is 2. The summed E-state index contributed by atoms with van der Waals surface area (Å²) in [5.41, 5.74) is 2.27. The highest BCUT2D eigenvalue weighted by Gasteiger charge is 2.13. The molecular formula is C21H16N4O2. The first-order chi connectivity index (χ1) is 13.2. The van der Waals surface area contributed by atoms with Crippen LogP contribution in [0.15, 0.2) is 85.2 Å². The maximum atomic E-state index is 12.8. The summed E-state index contributed by atoms with van der Waals surface area (Å²) in [4.78, 5) is 29.3. The monoisotopic (exact) mass is 356 g/mol. The van der Waals surface area contributed by atoms with Gasteiger partial charge in [0.1, 0.15) is 5.65 Å². The lowest BCUT2D eigenvalue weighted by atomic mass is 10.2. The smallest absolute Gasteiger partial charge is 0.308 e. The number of urea groups is 1. The number of carbonyl (C=O) groups is 2. The molecule has 0 aliphatic carbocycles. The number of carbonyl (C=O) groups excluding carboxylic acids is 2. The van der Waals surface area contributed by atoms with Crippen molar-refractivity contribution in [1.82, 2.24) is 9.55 Å². The highest BCUT2D eigenvalue weighted by Crippen LogP contribution is 2.17. The average molecular weight is 356 g/mol. The number of pyridine rings is 1. The Bertz CT molecular complexity index is 1120. The van der Waals surface area contributed by atoms with Crippen molar-refractivity contribution in [2.75, 3.05) is 10.6 Å². The van der Waals surface area contributed by atoms with Crippen molar-refractivity contribution in [2.45, 2.75) is 0 Å². The number of amides is 2. The van der Waals surface area contributed by atoms with Gasteiger partial charge < -0.3 is 10.6 Å². The van der Waals surface area contributed by atoms with Gasteiger partial charge in [-0.25, -0.2) is 9.78 Å². The number of fused-ring (bicyclic) bond motifs is 1. The van der Waals surface area contributed by atoms with E-state index in [1.165, 1.54) is 4.57 Å². The molecule has 0 aliphatic heterocycles. The van der Waals surface area contributed by atoms with Gasteiger partial charge in [-0.15, -0.1) is 0 Å². The van der Waals surface area contributed by atoms with Crippen LogP contribution in [0.4, 0.5) is 16.2 Å². The van der Waals surface area contributed by atoms with Crippen LogP contribution in [0.1, 0.15) is 10.4 Å². The molecule has 0 aliphatic rings. The van der Waals surface area contributed by atoms with E-state index in [-0.39, 0.29) is 11.9 Å². The van der Waals surface area contributed by atoms with Gasteiger partial charge in [-0.2, -0.15) is 0 Å². The molecule has 4 aromatic rings. The van der Waals surface area contributed by atoms with E-state index in [4.69, 9.17) is 0 Å². The summed E-state index contributed by atoms with van der Waals surface area (Å²) < 4.78 is 1.50. The Morgan fingerprint density at radius 3 is 2.44 bits per heavy atom. The fourth-order valence-electron chi connectivity index (χ4n) is 2.81. The second-order valence-corrected chi connectivity index (χ2v) is 5.93. The lowest BCUT2D eigenvalue weighted by molar-refractivity contribution is 0.0964. The van der Waals surface area contributed by atoms with Crippen LogP contribution in [0.5, 0.6) is 0 Å². The molecule has 2 aromatic heterocycles. The van der Waals surface area contributed by atoms with E-state index < -0.39 is 0 Å². The maximum Gasteiger partial charge on any atom is 0.323 e. The molecule has 132 valence electrons. The van der Waals surface area contributed by atoms with Crippen LogP contribution in [0.3, 0.4) is 0 Å². The van der Waals surface area contributed by atoms with Crippen molar-refractivity contribution in [3.8, 4) is 0 Å². The third-order valence-corrected chi connectivity index (χ3v) is 4.07. The predicted molar refractivity (Wildman–Crippen MR) is 105 cm³/mol. The van der Waals surface area contributed by atoms with Crippen LogP contribution in [0.2, 0.25) is 0 Å². The zero-order valence-corrected chi connectivity index (χ0v) is 14.3. The minimum atomic E-state index is -0.376. The summed E-state index contributed by atoms with van der Waals surface area (Å²) in [6.45, 7) is 0. The number of hydrogen-bond acceptors (Lipinski definition) is 3. The van der Waals surface area contributed by atoms with Crippen molar-refractivity contribution < 1.29 is 9.59 Å². The Morgan fingerprint density at radius 1 is 0.815 bits per heavy atom. The Morgan fingerprint density at radius 2 is 1.59 bits per heavy atom. The molecular weight excluding hydrogens is 340 g/mol. The van der Waals surface area contributed by atoms with Gasteiger partial charge in [-0.3, -0.25) is 9.36 Å². The summed E-state index contributed by atoms with van der Waals surface area (Å²) >= 11 is 0. The molecule has 2 amide bonds. The molecule has 0 atom stereocenters. The first kappa shape index (κ1) is 16.5. The van der Waals surface area contributed by atoms with Crippen molar-refractivity contribution in [3.05, 3.63) is 90.8 Å². The first-order valence-corrected chi connectivity index (χ1v) is 8.40. The molecule has 4 rings (SSSR count). The van der Waals surface area contributed by atoms with Crippen molar-refractivity contribution in [3.63, 3.8) is 0 Å². The molecule has 0 radical (unpaired) electrons. The van der Waals surface area contributed by atoms with Gasteiger partial charge in [-0.05, 0) is 48.5 Å². The fraction of sp³-hybridized carbons (Fsp3) is 0. The zero-order chi connectivity index (χ0) is 18.6. The summed E-state index contributed by atoms with van der Waals surface area (Å²) in [5, 5.41) is 6.37. The standard InChI is InChI=1S/C21H16N4O2/c26-20(25-13-11-15-7-5-12-22-19(15)25)16-6-4-10-18(14-16)24-21(27)23-17-8-2-1-3-9-17/h1-14H,(H2,23,24,27). The summed E-state index contributed by atoms with van der Waals surface area (Å²) in [6.07, 6.45) is 3.35. The molecule has 0 saturated carbocycles. The number of para-hydroxylation sites is 1. The zero-order valence-electron chi connectivity index (χ0n) is 14.3. The van der Waals surface area contributed by atoms with Gasteiger partial charge in [0, 0.05) is 34.7 Å². The number of benzene rings is 2. The Balaban J connectivity index is 1.53. The van der Waals surface area contributed by atoms with Crippen LogP contribution >= 0.6 is 0 Å². The van der Waals surface area contributed by atoms with E-state index in [1.807, 2.05) is 36.4 Å². The van der Waals surface area contributed by atoms with Gasteiger partial charge in [0.15, 0.2) is 0 Å². The molecule has 27 heavy (non-hydrogen) atoms. The third kappa shape index (κ3) is 3.55. The normalized spacial score (nSPS) is 10.5. The minimum absolute atomic E-state index is 0.212. The van der Waals surface area contributed by atoms with E-state index in [9.17, 15) is 9.59 Å². The molecule has 0 bridgehead atoms. The molecule has 6 heteroatoms. The van der Waals surface area contributed by atoms with E-state index in [0.29, 0.717) is 22.6 Å². The number of nitrogens with one attached hydrogen (secondary N) is 2. The van der Waals surface area contributed by atoms with E-state index >= 15 is 0 Å². The maximum absolute atomic E-state index is 12.8. The quantitative estimate of drug-likeness (QED) is 0.572. The fourth-order valence-corrected chi connectivity index (χ4v) is 2.81. The minimum Gasteiger partial charge on any atom is -0.308 e. The number of nitrogens with zero attached hydrogens (tertiary/aromatic N) is 2. The average Bonchev–Trinajstić information content (AvgIpc) is 3.12. The number of hydrogen-bond donors (Lipinski definition) is 2. The SMILES string of the molecule is O=C(Nc1ccccc1)Nc1cccc(C(=O)n2ccc3cccnc32)c1. The van der Waals surface area contributed by atoms with E-state index in [1.54, 1.807) is 48.8 Å². The Hall–Kier alpha value is -3.93. The van der Waals surface area contributed by atoms with Crippen molar-refractivity contribution in [1.29, 1.82) is 0 Å². The molecule has 6 nitrogen and oxygen atoms in total. The molecule has 2 N–H and O–H groups in total. The van der Waals surface area contributed by atoms with Crippen LogP contribution in [0, 0.1) is 0 Å². The number of rotatable bonds is 3. The largest absolute Gasteiger partial charge is 0.323 e. The molecule has 2 heterocycles. The van der Waals surface area contributed by atoms with E-state index in [0.717, 1.165) is 5.39 Å². The van der Waals surface area contributed by atoms with Crippen molar-refractivity contribution >= 4 is 34.3 Å². The summed E-state index contributed by atoms with van der Waals surface area (Å²) in [6, 6.07) is 21.1. The molecule has 0 saturated heterocycles. The lowest BCUT2D eigenvalue weighted by Gasteiger charge is -2.09. The highest BCUT2D eigenvalue weighted by molar-refractivity contribution is 6.03. The third-order valence-electron chi connectivity index (χ3n) is 4.07. The highest BCUT2D eigenvalue weighted by atomic mass is 16.2. The molecule has 2 aromatic carbocycles. The summed E-state index contributed by atoms with van der Waals surface area (Å²) in [7, 11) is 0. The van der Waals surface area contributed by atoms with Crippen molar-refractivity contribution in [2.24, 2.45) is 0 Å². The summed E-state index contributed by atoms with van der Waals surface area (Å²) in [5.74, 6) is -0.212. The van der Waals surface area contributed by atoms with Gasteiger partial charge in [0.25, 0.3) is 5.91 Å². The van der Waals surface area contributed by atoms with E-state index in [2.05, 4.69) is 15.6 Å². The predicted octanol–water partition coefficient (Wildman–Crippen LogP) is 4.37. The first-order valence-electron chi connectivity index (χ1n) is 8.40. The molecule has 0 spiro atoms. The van der Waals surface area contributed by atoms with Gasteiger partial charge in [0.2, 0.25) is 0 Å². The molecule has 0 fully saturated rings. The molecule has 0 unspecified atom stereocenters. The van der Waals surface area contributed by atoms with Gasteiger partial charge in [-0.1, -0.05) is 24.3 Å². The van der Waals surface area contributed by atoms with Crippen LogP contribution < -0.4 is 10.6 Å². The number of aromatic nitrogens is 2. The Kier molecular flexibility index (Phi) is 4.37. The second-order valence-electron chi connectivity index (χ2n) is 5.93. The van der Waals surface area contributed by atoms with Crippen LogP contribution in [0.25, 0.3) is 11.0 Å². The van der Waals surface area contributed by atoms with Crippen LogP contribution in [-0.2, 0) is 0 Å². The lowest BCUT2D eigenvalue weighted by Crippen LogP contribution is -2.19. The van der Waals surface area contributed by atoms with Gasteiger partial charge in [0.05, 0.1) is 0 Å². The topological polar surface area (TPSA) is 76.0 Å².